The highest BCUT2D eigenvalue weighted by Crippen LogP contribution is 2.10. The van der Waals surface area contributed by atoms with Crippen LogP contribution in [0, 0.1) is 5.92 Å². The van der Waals surface area contributed by atoms with Crippen molar-refractivity contribution in [2.45, 2.75) is 13.2 Å². The lowest BCUT2D eigenvalue weighted by atomic mass is 10.1. The van der Waals surface area contributed by atoms with Crippen LogP contribution in [0.3, 0.4) is 0 Å². The number of hydrogen-bond acceptors (Lipinski definition) is 4. The minimum absolute atomic E-state index is 0.184. The van der Waals surface area contributed by atoms with Crippen LogP contribution >= 0.6 is 0 Å². The normalized spacial score (nSPS) is 13.1. The van der Waals surface area contributed by atoms with E-state index in [0.717, 1.165) is 5.06 Å². The average Bonchev–Trinajstić information content (AvgIpc) is 2.17. The molecule has 0 aliphatic heterocycles. The predicted molar refractivity (Wildman–Crippen MR) is 46.7 cm³/mol. The second-order valence-electron chi connectivity index (χ2n) is 2.65. The quantitative estimate of drug-likeness (QED) is 0.462. The first kappa shape index (κ1) is 12.3. The van der Waals surface area contributed by atoms with Crippen LogP contribution in [0.1, 0.15) is 6.92 Å². The molecule has 0 spiro atoms. The SMILES string of the molecule is COC(OC)[C@@H](C)C(=O)N(C)OC. The number of amides is 1. The maximum atomic E-state index is 11.5. The molecule has 0 radical (unpaired) electrons. The molecule has 78 valence electrons. The van der Waals surface area contributed by atoms with Gasteiger partial charge in [0.15, 0.2) is 6.29 Å². The molecule has 1 atom stereocenters. The van der Waals surface area contributed by atoms with Crippen molar-refractivity contribution in [3.8, 4) is 0 Å². The first-order valence-electron chi connectivity index (χ1n) is 3.95. The Morgan fingerprint density at radius 1 is 1.23 bits per heavy atom. The number of carbonyl (C=O) groups excluding carboxylic acids is 1. The van der Waals surface area contributed by atoms with Crippen LogP contribution in [0.4, 0.5) is 0 Å². The van der Waals surface area contributed by atoms with E-state index in [0.29, 0.717) is 0 Å². The minimum Gasteiger partial charge on any atom is -0.355 e. The van der Waals surface area contributed by atoms with E-state index >= 15 is 0 Å². The molecule has 5 heteroatoms. The van der Waals surface area contributed by atoms with E-state index < -0.39 is 6.29 Å². The van der Waals surface area contributed by atoms with Crippen molar-refractivity contribution < 1.29 is 19.1 Å². The third kappa shape index (κ3) is 3.30. The fraction of sp³-hybridized carbons (Fsp3) is 0.875. The van der Waals surface area contributed by atoms with E-state index in [1.165, 1.54) is 21.3 Å². The molecular formula is C8H17NO4. The number of hydrogen-bond donors (Lipinski definition) is 0. The molecule has 0 heterocycles. The molecule has 1 amide bonds. The molecule has 13 heavy (non-hydrogen) atoms. The van der Waals surface area contributed by atoms with Crippen molar-refractivity contribution >= 4 is 5.91 Å². The van der Waals surface area contributed by atoms with E-state index in [9.17, 15) is 4.79 Å². The van der Waals surface area contributed by atoms with Gasteiger partial charge in [-0.1, -0.05) is 0 Å². The number of rotatable bonds is 5. The van der Waals surface area contributed by atoms with Crippen molar-refractivity contribution in [3.05, 3.63) is 0 Å². The monoisotopic (exact) mass is 191 g/mol. The van der Waals surface area contributed by atoms with E-state index in [2.05, 4.69) is 0 Å². The molecule has 0 aliphatic rings. The highest BCUT2D eigenvalue weighted by Gasteiger charge is 2.26. The summed E-state index contributed by atoms with van der Waals surface area (Å²) in [6.07, 6.45) is -0.537. The lowest BCUT2D eigenvalue weighted by Gasteiger charge is -2.23. The first-order valence-corrected chi connectivity index (χ1v) is 3.95. The van der Waals surface area contributed by atoms with Gasteiger partial charge in [-0.25, -0.2) is 5.06 Å². The highest BCUT2D eigenvalue weighted by atomic mass is 16.7. The van der Waals surface area contributed by atoms with Crippen LogP contribution in [-0.2, 0) is 19.1 Å². The first-order chi connectivity index (χ1) is 6.08. The fourth-order valence-electron chi connectivity index (χ4n) is 0.998. The Morgan fingerprint density at radius 2 is 1.69 bits per heavy atom. The smallest absolute Gasteiger partial charge is 0.253 e. The van der Waals surface area contributed by atoms with Crippen LogP contribution in [0.5, 0.6) is 0 Å². The molecule has 0 saturated heterocycles. The molecule has 0 aromatic rings. The molecule has 0 saturated carbocycles. The number of nitrogens with zero attached hydrogens (tertiary/aromatic N) is 1. The van der Waals surface area contributed by atoms with Crippen LogP contribution in [-0.4, -0.2) is 45.6 Å². The summed E-state index contributed by atoms with van der Waals surface area (Å²) in [6, 6.07) is 0. The van der Waals surface area contributed by atoms with Gasteiger partial charge in [-0.3, -0.25) is 9.63 Å². The zero-order chi connectivity index (χ0) is 10.4. The van der Waals surface area contributed by atoms with Gasteiger partial charge >= 0.3 is 0 Å². The molecule has 0 bridgehead atoms. The molecule has 0 fully saturated rings. The Morgan fingerprint density at radius 3 is 2.00 bits per heavy atom. The Kier molecular flexibility index (Phi) is 5.61. The van der Waals surface area contributed by atoms with E-state index in [1.807, 2.05) is 0 Å². The molecule has 0 rings (SSSR count). The summed E-state index contributed by atoms with van der Waals surface area (Å²) in [5.74, 6) is -0.573. The van der Waals surface area contributed by atoms with Gasteiger partial charge in [-0.15, -0.1) is 0 Å². The van der Waals surface area contributed by atoms with Crippen LogP contribution in [0.25, 0.3) is 0 Å². The molecule has 0 unspecified atom stereocenters. The van der Waals surface area contributed by atoms with Gasteiger partial charge in [0.05, 0.1) is 13.0 Å². The molecule has 0 aliphatic carbocycles. The maximum absolute atomic E-state index is 11.5. The summed E-state index contributed by atoms with van der Waals surface area (Å²) < 4.78 is 9.90. The number of ether oxygens (including phenoxy) is 2. The zero-order valence-corrected chi connectivity index (χ0v) is 8.73. The van der Waals surface area contributed by atoms with Crippen LogP contribution < -0.4 is 0 Å². The van der Waals surface area contributed by atoms with Crippen molar-refractivity contribution in [1.29, 1.82) is 0 Å². The lowest BCUT2D eigenvalue weighted by molar-refractivity contribution is -0.192. The number of hydroxylamine groups is 2. The fourth-order valence-corrected chi connectivity index (χ4v) is 0.998. The molecule has 0 aromatic carbocycles. The molecular weight excluding hydrogens is 174 g/mol. The number of methoxy groups -OCH3 is 2. The van der Waals surface area contributed by atoms with Crippen molar-refractivity contribution in [2.75, 3.05) is 28.4 Å². The summed E-state index contributed by atoms with van der Waals surface area (Å²) >= 11 is 0. The highest BCUT2D eigenvalue weighted by molar-refractivity contribution is 5.77. The van der Waals surface area contributed by atoms with Gasteiger partial charge in [-0.2, -0.15) is 0 Å². The largest absolute Gasteiger partial charge is 0.355 e. The second kappa shape index (κ2) is 5.90. The van der Waals surface area contributed by atoms with Crippen LogP contribution in [0.15, 0.2) is 0 Å². The van der Waals surface area contributed by atoms with E-state index in [4.69, 9.17) is 14.3 Å². The Balaban J connectivity index is 4.22. The summed E-state index contributed by atoms with van der Waals surface area (Å²) in [5, 5.41) is 1.15. The van der Waals surface area contributed by atoms with Gasteiger partial charge in [-0.05, 0) is 6.92 Å². The third-order valence-electron chi connectivity index (χ3n) is 1.85. The third-order valence-corrected chi connectivity index (χ3v) is 1.85. The van der Waals surface area contributed by atoms with Gasteiger partial charge < -0.3 is 9.47 Å². The molecule has 0 aromatic heterocycles. The van der Waals surface area contributed by atoms with Gasteiger partial charge in [0, 0.05) is 21.3 Å². The minimum atomic E-state index is -0.537. The summed E-state index contributed by atoms with van der Waals surface area (Å²) in [6.45, 7) is 1.72. The molecule has 0 N–H and O–H groups in total. The van der Waals surface area contributed by atoms with E-state index in [-0.39, 0.29) is 11.8 Å². The Labute approximate surface area is 78.5 Å². The number of carbonyl (C=O) groups is 1. The molecule has 5 nitrogen and oxygen atoms in total. The predicted octanol–water partition coefficient (Wildman–Crippen LogP) is 0.261. The lowest BCUT2D eigenvalue weighted by Crippen LogP contribution is -2.38. The maximum Gasteiger partial charge on any atom is 0.253 e. The van der Waals surface area contributed by atoms with Crippen molar-refractivity contribution in [1.82, 2.24) is 5.06 Å². The topological polar surface area (TPSA) is 48.0 Å². The van der Waals surface area contributed by atoms with Crippen molar-refractivity contribution in [3.63, 3.8) is 0 Å². The standard InChI is InChI=1S/C8H17NO4/c1-6(8(11-3)12-4)7(10)9(2)13-5/h6,8H,1-5H3/t6-/m0/s1. The van der Waals surface area contributed by atoms with Crippen molar-refractivity contribution in [2.24, 2.45) is 5.92 Å². The Bertz CT molecular complexity index is 158. The van der Waals surface area contributed by atoms with Gasteiger partial charge in [0.2, 0.25) is 0 Å². The van der Waals surface area contributed by atoms with Crippen LogP contribution in [0.2, 0.25) is 0 Å². The average molecular weight is 191 g/mol. The van der Waals surface area contributed by atoms with Gasteiger partial charge in [0.1, 0.15) is 0 Å². The second-order valence-corrected chi connectivity index (χ2v) is 2.65. The zero-order valence-electron chi connectivity index (χ0n) is 8.73. The van der Waals surface area contributed by atoms with Gasteiger partial charge in [0.25, 0.3) is 5.91 Å². The van der Waals surface area contributed by atoms with E-state index in [1.54, 1.807) is 14.0 Å². The summed E-state index contributed by atoms with van der Waals surface area (Å²) in [7, 11) is 5.95. The summed E-state index contributed by atoms with van der Waals surface area (Å²) in [4.78, 5) is 16.2. The Hall–Kier alpha value is -0.650. The summed E-state index contributed by atoms with van der Waals surface area (Å²) in [5.41, 5.74) is 0.